The van der Waals surface area contributed by atoms with Gasteiger partial charge in [0, 0.05) is 30.1 Å². The van der Waals surface area contributed by atoms with E-state index in [9.17, 15) is 0 Å². The highest BCUT2D eigenvalue weighted by atomic mass is 32.1. The van der Waals surface area contributed by atoms with E-state index in [1.165, 1.54) is 15.4 Å². The highest BCUT2D eigenvalue weighted by Gasteiger charge is 2.12. The van der Waals surface area contributed by atoms with Crippen molar-refractivity contribution in [1.29, 1.82) is 0 Å². The van der Waals surface area contributed by atoms with Crippen LogP contribution in [0.5, 0.6) is 5.75 Å². The molecule has 0 amide bonds. The molecule has 3 nitrogen and oxygen atoms in total. The van der Waals surface area contributed by atoms with Crippen LogP contribution in [0.3, 0.4) is 0 Å². The van der Waals surface area contributed by atoms with Crippen molar-refractivity contribution in [3.63, 3.8) is 0 Å². The Morgan fingerprint density at radius 1 is 1.23 bits per heavy atom. The lowest BCUT2D eigenvalue weighted by molar-refractivity contribution is 0.131. The molecule has 0 radical (unpaired) electrons. The van der Waals surface area contributed by atoms with Crippen LogP contribution in [0, 0.1) is 6.92 Å². The van der Waals surface area contributed by atoms with E-state index >= 15 is 0 Å². The van der Waals surface area contributed by atoms with E-state index in [2.05, 4.69) is 57.1 Å². The van der Waals surface area contributed by atoms with Crippen LogP contribution in [0.25, 0.3) is 0 Å². The molecule has 0 saturated carbocycles. The quantitative estimate of drug-likeness (QED) is 0.850. The van der Waals surface area contributed by atoms with Crippen molar-refractivity contribution in [2.75, 3.05) is 6.54 Å². The summed E-state index contributed by atoms with van der Waals surface area (Å²) in [4.78, 5) is 5.67. The molecule has 0 bridgehead atoms. The SMILES string of the molecule is Cc1cnc(CCN[C@H](C)c2ccc(OC(C)(C)C)cc2)s1. The molecule has 0 fully saturated rings. The predicted octanol–water partition coefficient (Wildman–Crippen LogP) is 4.52. The Morgan fingerprint density at radius 3 is 2.45 bits per heavy atom. The number of rotatable bonds is 6. The van der Waals surface area contributed by atoms with Crippen LogP contribution in [-0.4, -0.2) is 17.1 Å². The fourth-order valence-electron chi connectivity index (χ4n) is 2.21. The summed E-state index contributed by atoms with van der Waals surface area (Å²) in [6.07, 6.45) is 2.92. The number of aromatic nitrogens is 1. The summed E-state index contributed by atoms with van der Waals surface area (Å²) in [5.74, 6) is 0.918. The maximum Gasteiger partial charge on any atom is 0.120 e. The Bertz CT molecular complexity index is 584. The molecule has 1 heterocycles. The second-order valence-electron chi connectivity index (χ2n) is 6.57. The maximum absolute atomic E-state index is 5.85. The van der Waals surface area contributed by atoms with Gasteiger partial charge in [0.2, 0.25) is 0 Å². The summed E-state index contributed by atoms with van der Waals surface area (Å²) in [6.45, 7) is 11.4. The fourth-order valence-corrected chi connectivity index (χ4v) is 3.00. The molecule has 0 aliphatic carbocycles. The van der Waals surface area contributed by atoms with Gasteiger partial charge in [-0.2, -0.15) is 0 Å². The van der Waals surface area contributed by atoms with Crippen molar-refractivity contribution in [3.8, 4) is 5.75 Å². The zero-order valence-corrected chi connectivity index (χ0v) is 15.0. The molecule has 22 heavy (non-hydrogen) atoms. The van der Waals surface area contributed by atoms with Crippen molar-refractivity contribution < 1.29 is 4.74 Å². The minimum atomic E-state index is -0.156. The number of hydrogen-bond acceptors (Lipinski definition) is 4. The van der Waals surface area contributed by atoms with Crippen LogP contribution in [0.15, 0.2) is 30.5 Å². The second-order valence-corrected chi connectivity index (χ2v) is 7.89. The molecular weight excluding hydrogens is 292 g/mol. The molecule has 0 aliphatic rings. The first-order valence-electron chi connectivity index (χ1n) is 7.77. The van der Waals surface area contributed by atoms with Crippen molar-refractivity contribution in [2.45, 2.75) is 52.7 Å². The van der Waals surface area contributed by atoms with E-state index in [-0.39, 0.29) is 5.60 Å². The van der Waals surface area contributed by atoms with Crippen LogP contribution in [0.1, 0.15) is 49.2 Å². The Hall–Kier alpha value is -1.39. The van der Waals surface area contributed by atoms with Gasteiger partial charge in [-0.25, -0.2) is 4.98 Å². The number of hydrogen-bond donors (Lipinski definition) is 1. The Morgan fingerprint density at radius 2 is 1.91 bits per heavy atom. The van der Waals surface area contributed by atoms with Crippen molar-refractivity contribution in [1.82, 2.24) is 10.3 Å². The summed E-state index contributed by atoms with van der Waals surface area (Å²) in [5.41, 5.74) is 1.12. The van der Waals surface area contributed by atoms with Gasteiger partial charge >= 0.3 is 0 Å². The number of thiazole rings is 1. The van der Waals surface area contributed by atoms with E-state index in [0.717, 1.165) is 18.7 Å². The predicted molar refractivity (Wildman–Crippen MR) is 93.8 cm³/mol. The van der Waals surface area contributed by atoms with E-state index in [1.807, 2.05) is 18.3 Å². The maximum atomic E-state index is 5.85. The van der Waals surface area contributed by atoms with Gasteiger partial charge < -0.3 is 10.1 Å². The first-order valence-corrected chi connectivity index (χ1v) is 8.59. The molecule has 1 aromatic heterocycles. The molecule has 0 aliphatic heterocycles. The Balaban J connectivity index is 1.83. The minimum Gasteiger partial charge on any atom is -0.488 e. The monoisotopic (exact) mass is 318 g/mol. The number of aryl methyl sites for hydroxylation is 1. The summed E-state index contributed by atoms with van der Waals surface area (Å²) in [7, 11) is 0. The van der Waals surface area contributed by atoms with Crippen molar-refractivity contribution in [3.05, 3.63) is 45.9 Å². The highest BCUT2D eigenvalue weighted by molar-refractivity contribution is 7.11. The van der Waals surface area contributed by atoms with Gasteiger partial charge in [0.1, 0.15) is 11.4 Å². The number of benzene rings is 1. The average molecular weight is 318 g/mol. The van der Waals surface area contributed by atoms with E-state index < -0.39 is 0 Å². The standard InChI is InChI=1S/C18H26N2OS/c1-13-12-20-17(22-13)10-11-19-14(2)15-6-8-16(9-7-15)21-18(3,4)5/h6-9,12,14,19H,10-11H2,1-5H3/t14-/m1/s1. The van der Waals surface area contributed by atoms with Gasteiger partial charge in [-0.15, -0.1) is 11.3 Å². The molecule has 1 atom stereocenters. The zero-order valence-electron chi connectivity index (χ0n) is 14.1. The van der Waals surface area contributed by atoms with Crippen molar-refractivity contribution in [2.24, 2.45) is 0 Å². The van der Waals surface area contributed by atoms with Crippen LogP contribution >= 0.6 is 11.3 Å². The summed E-state index contributed by atoms with van der Waals surface area (Å²) in [6, 6.07) is 8.68. The number of nitrogens with one attached hydrogen (secondary N) is 1. The van der Waals surface area contributed by atoms with Crippen LogP contribution < -0.4 is 10.1 Å². The summed E-state index contributed by atoms with van der Waals surface area (Å²) >= 11 is 1.77. The molecule has 2 aromatic rings. The van der Waals surface area contributed by atoms with E-state index in [0.29, 0.717) is 6.04 Å². The number of ether oxygens (including phenoxy) is 1. The van der Waals surface area contributed by atoms with Crippen LogP contribution in [0.2, 0.25) is 0 Å². The molecular formula is C18H26N2OS. The average Bonchev–Trinajstić information content (AvgIpc) is 2.83. The van der Waals surface area contributed by atoms with Gasteiger partial charge in [-0.1, -0.05) is 12.1 Å². The molecule has 1 N–H and O–H groups in total. The largest absolute Gasteiger partial charge is 0.488 e. The third-order valence-corrected chi connectivity index (χ3v) is 4.24. The Kier molecular flexibility index (Phi) is 5.59. The molecule has 0 saturated heterocycles. The lowest BCUT2D eigenvalue weighted by Crippen LogP contribution is -2.23. The van der Waals surface area contributed by atoms with Crippen LogP contribution in [0.4, 0.5) is 0 Å². The second kappa shape index (κ2) is 7.25. The van der Waals surface area contributed by atoms with Crippen molar-refractivity contribution >= 4 is 11.3 Å². The lowest BCUT2D eigenvalue weighted by Gasteiger charge is -2.22. The smallest absolute Gasteiger partial charge is 0.120 e. The molecule has 0 unspecified atom stereocenters. The third kappa shape index (κ3) is 5.43. The Labute approximate surface area is 137 Å². The van der Waals surface area contributed by atoms with Gasteiger partial charge in [0.15, 0.2) is 0 Å². The van der Waals surface area contributed by atoms with E-state index in [4.69, 9.17) is 4.74 Å². The summed E-state index contributed by atoms with van der Waals surface area (Å²) < 4.78 is 5.85. The first kappa shape index (κ1) is 17.0. The molecule has 2 rings (SSSR count). The van der Waals surface area contributed by atoms with Crippen LogP contribution in [-0.2, 0) is 6.42 Å². The lowest BCUT2D eigenvalue weighted by atomic mass is 10.1. The summed E-state index contributed by atoms with van der Waals surface area (Å²) in [5, 5.41) is 4.75. The molecule has 4 heteroatoms. The normalized spacial score (nSPS) is 13.1. The van der Waals surface area contributed by atoms with E-state index in [1.54, 1.807) is 11.3 Å². The van der Waals surface area contributed by atoms with Gasteiger partial charge in [-0.05, 0) is 52.3 Å². The van der Waals surface area contributed by atoms with Gasteiger partial charge in [0.25, 0.3) is 0 Å². The minimum absolute atomic E-state index is 0.156. The zero-order chi connectivity index (χ0) is 16.2. The highest BCUT2D eigenvalue weighted by Crippen LogP contribution is 2.21. The van der Waals surface area contributed by atoms with Gasteiger partial charge in [0.05, 0.1) is 5.01 Å². The molecule has 120 valence electrons. The first-order chi connectivity index (χ1) is 10.3. The van der Waals surface area contributed by atoms with Gasteiger partial charge in [-0.3, -0.25) is 0 Å². The topological polar surface area (TPSA) is 34.2 Å². The third-order valence-electron chi connectivity index (χ3n) is 3.26. The number of nitrogens with zero attached hydrogens (tertiary/aromatic N) is 1. The molecule has 0 spiro atoms. The molecule has 1 aromatic carbocycles. The fraction of sp³-hybridized carbons (Fsp3) is 0.500.